The Bertz CT molecular complexity index is 865. The third kappa shape index (κ3) is 5.80. The molecule has 0 unspecified atom stereocenters. The lowest BCUT2D eigenvalue weighted by Crippen LogP contribution is -2.26. The molecule has 2 rings (SSSR count). The molecule has 2 aromatic rings. The Balaban J connectivity index is 1.96. The molecule has 0 aromatic heterocycles. The average molecular weight is 391 g/mol. The van der Waals surface area contributed by atoms with Gasteiger partial charge in [-0.15, -0.1) is 0 Å². The molecular weight excluding hydrogens is 364 g/mol. The van der Waals surface area contributed by atoms with Gasteiger partial charge in [-0.3, -0.25) is 4.79 Å². The van der Waals surface area contributed by atoms with Gasteiger partial charge in [-0.25, -0.2) is 12.7 Å². The Kier molecular flexibility index (Phi) is 7.38. The van der Waals surface area contributed by atoms with Gasteiger partial charge in [0.05, 0.1) is 12.0 Å². The van der Waals surface area contributed by atoms with E-state index in [1.54, 1.807) is 12.1 Å². The van der Waals surface area contributed by atoms with Crippen LogP contribution in [0.15, 0.2) is 53.4 Å². The van der Waals surface area contributed by atoms with Crippen LogP contribution >= 0.6 is 0 Å². The molecule has 0 bridgehead atoms. The van der Waals surface area contributed by atoms with Crippen molar-refractivity contribution in [2.24, 2.45) is 0 Å². The lowest BCUT2D eigenvalue weighted by molar-refractivity contribution is -0.121. The van der Waals surface area contributed by atoms with Crippen molar-refractivity contribution < 1.29 is 17.9 Å². The van der Waals surface area contributed by atoms with E-state index in [1.165, 1.54) is 32.8 Å². The summed E-state index contributed by atoms with van der Waals surface area (Å²) >= 11 is 0. The molecule has 146 valence electrons. The van der Waals surface area contributed by atoms with E-state index in [0.29, 0.717) is 24.3 Å². The minimum absolute atomic E-state index is 0.0751. The molecule has 0 atom stereocenters. The number of carbonyl (C=O) groups excluding carboxylic acids is 1. The maximum absolute atomic E-state index is 12.3. The van der Waals surface area contributed by atoms with Crippen LogP contribution in [0.4, 0.5) is 0 Å². The van der Waals surface area contributed by atoms with Crippen molar-refractivity contribution in [3.8, 4) is 5.75 Å². The lowest BCUT2D eigenvalue weighted by Gasteiger charge is -2.14. The van der Waals surface area contributed by atoms with E-state index in [-0.39, 0.29) is 17.2 Å². The predicted molar refractivity (Wildman–Crippen MR) is 105 cm³/mol. The number of methoxy groups -OCH3 is 1. The third-order valence-corrected chi connectivity index (χ3v) is 6.04. The van der Waals surface area contributed by atoms with Crippen LogP contribution in [0.3, 0.4) is 0 Å². The molecule has 0 aliphatic carbocycles. The first kappa shape index (κ1) is 20.9. The fourth-order valence-corrected chi connectivity index (χ4v) is 3.60. The quantitative estimate of drug-likeness (QED) is 0.712. The highest BCUT2D eigenvalue weighted by Crippen LogP contribution is 2.25. The number of sulfonamides is 1. The average Bonchev–Trinajstić information content (AvgIpc) is 2.66. The van der Waals surface area contributed by atoms with E-state index in [9.17, 15) is 13.2 Å². The zero-order chi connectivity index (χ0) is 19.9. The maximum Gasteiger partial charge on any atom is 0.242 e. The highest BCUT2D eigenvalue weighted by Gasteiger charge is 2.19. The standard InChI is InChI=1S/C20H26N2O4S/c1-22(2)27(24,25)18-10-11-19(26-3)17(15-18)9-12-20(23)21-14-13-16-7-5-4-6-8-16/h4-8,10-11,15H,9,12-14H2,1-3H3,(H,21,23). The van der Waals surface area contributed by atoms with Crippen LogP contribution in [0, 0.1) is 0 Å². The second kappa shape index (κ2) is 9.53. The SMILES string of the molecule is COc1ccc(S(=O)(=O)N(C)C)cc1CCC(=O)NCCc1ccccc1. The molecule has 27 heavy (non-hydrogen) atoms. The molecule has 0 saturated carbocycles. The normalized spacial score (nSPS) is 11.4. The Labute approximate surface area is 161 Å². The molecule has 2 aromatic carbocycles. The summed E-state index contributed by atoms with van der Waals surface area (Å²) in [5.41, 5.74) is 1.86. The summed E-state index contributed by atoms with van der Waals surface area (Å²) in [7, 11) is 0.967. The number of hydrogen-bond donors (Lipinski definition) is 1. The van der Waals surface area contributed by atoms with Gasteiger partial charge in [0.1, 0.15) is 5.75 Å². The Morgan fingerprint density at radius 2 is 1.78 bits per heavy atom. The molecule has 0 heterocycles. The van der Waals surface area contributed by atoms with E-state index in [1.807, 2.05) is 30.3 Å². The molecule has 7 heteroatoms. The molecule has 0 fully saturated rings. The van der Waals surface area contributed by atoms with Gasteiger partial charge >= 0.3 is 0 Å². The first-order valence-electron chi connectivity index (χ1n) is 8.74. The number of nitrogens with zero attached hydrogens (tertiary/aromatic N) is 1. The molecule has 0 saturated heterocycles. The topological polar surface area (TPSA) is 75.7 Å². The Morgan fingerprint density at radius 3 is 2.41 bits per heavy atom. The number of hydrogen-bond acceptors (Lipinski definition) is 4. The van der Waals surface area contributed by atoms with Crippen LogP contribution in [0.1, 0.15) is 17.5 Å². The number of aryl methyl sites for hydroxylation is 1. The summed E-state index contributed by atoms with van der Waals surface area (Å²) in [6, 6.07) is 14.7. The van der Waals surface area contributed by atoms with Gasteiger partial charge in [0.2, 0.25) is 15.9 Å². The zero-order valence-electron chi connectivity index (χ0n) is 15.9. The molecule has 0 aliphatic heterocycles. The molecule has 0 aliphatic rings. The zero-order valence-corrected chi connectivity index (χ0v) is 16.8. The van der Waals surface area contributed by atoms with E-state index < -0.39 is 10.0 Å². The summed E-state index contributed by atoms with van der Waals surface area (Å²) in [5, 5.41) is 2.90. The Morgan fingerprint density at radius 1 is 1.07 bits per heavy atom. The van der Waals surface area contributed by atoms with Crippen molar-refractivity contribution in [1.82, 2.24) is 9.62 Å². The van der Waals surface area contributed by atoms with Crippen molar-refractivity contribution in [2.45, 2.75) is 24.2 Å². The lowest BCUT2D eigenvalue weighted by atomic mass is 10.1. The van der Waals surface area contributed by atoms with Crippen LogP contribution in [0.2, 0.25) is 0 Å². The van der Waals surface area contributed by atoms with E-state index in [2.05, 4.69) is 5.32 Å². The van der Waals surface area contributed by atoms with Gasteiger partial charge in [-0.2, -0.15) is 0 Å². The fraction of sp³-hybridized carbons (Fsp3) is 0.350. The summed E-state index contributed by atoms with van der Waals surface area (Å²) in [5.74, 6) is 0.499. The van der Waals surface area contributed by atoms with Gasteiger partial charge in [0.15, 0.2) is 0 Å². The van der Waals surface area contributed by atoms with Crippen molar-refractivity contribution in [1.29, 1.82) is 0 Å². The van der Waals surface area contributed by atoms with Crippen LogP contribution in [-0.2, 0) is 27.7 Å². The monoisotopic (exact) mass is 390 g/mol. The highest BCUT2D eigenvalue weighted by atomic mass is 32.2. The number of nitrogens with one attached hydrogen (secondary N) is 1. The van der Waals surface area contributed by atoms with Crippen molar-refractivity contribution >= 4 is 15.9 Å². The molecule has 1 amide bonds. The van der Waals surface area contributed by atoms with Crippen LogP contribution in [-0.4, -0.2) is 46.4 Å². The molecule has 0 spiro atoms. The number of ether oxygens (including phenoxy) is 1. The summed E-state index contributed by atoms with van der Waals surface area (Å²) in [6.07, 6.45) is 1.43. The molecular formula is C20H26N2O4S. The number of rotatable bonds is 9. The first-order valence-corrected chi connectivity index (χ1v) is 10.2. The molecule has 1 N–H and O–H groups in total. The summed E-state index contributed by atoms with van der Waals surface area (Å²) < 4.78 is 31.1. The van der Waals surface area contributed by atoms with Gasteiger partial charge in [-0.05, 0) is 42.2 Å². The molecule has 0 radical (unpaired) electrons. The third-order valence-electron chi connectivity index (χ3n) is 4.23. The minimum Gasteiger partial charge on any atom is -0.496 e. The Hall–Kier alpha value is -2.38. The van der Waals surface area contributed by atoms with Gasteiger partial charge in [0.25, 0.3) is 0 Å². The molecule has 6 nitrogen and oxygen atoms in total. The van der Waals surface area contributed by atoms with Crippen LogP contribution in [0.25, 0.3) is 0 Å². The second-order valence-corrected chi connectivity index (χ2v) is 8.50. The largest absolute Gasteiger partial charge is 0.496 e. The summed E-state index contributed by atoms with van der Waals surface area (Å²) in [4.78, 5) is 12.3. The van der Waals surface area contributed by atoms with Gasteiger partial charge in [0, 0.05) is 27.1 Å². The second-order valence-electron chi connectivity index (χ2n) is 6.35. The van der Waals surface area contributed by atoms with Crippen LogP contribution < -0.4 is 10.1 Å². The van der Waals surface area contributed by atoms with Crippen LogP contribution in [0.5, 0.6) is 5.75 Å². The van der Waals surface area contributed by atoms with Crippen molar-refractivity contribution in [2.75, 3.05) is 27.7 Å². The first-order chi connectivity index (χ1) is 12.8. The minimum atomic E-state index is -3.53. The predicted octanol–water partition coefficient (Wildman–Crippen LogP) is 2.24. The highest BCUT2D eigenvalue weighted by molar-refractivity contribution is 7.89. The fourth-order valence-electron chi connectivity index (χ4n) is 2.65. The number of amides is 1. The smallest absolute Gasteiger partial charge is 0.242 e. The number of carbonyl (C=O) groups is 1. The summed E-state index contributed by atoms with van der Waals surface area (Å²) in [6.45, 7) is 0.565. The van der Waals surface area contributed by atoms with Gasteiger partial charge < -0.3 is 10.1 Å². The van der Waals surface area contributed by atoms with Gasteiger partial charge in [-0.1, -0.05) is 30.3 Å². The van der Waals surface area contributed by atoms with Crippen molar-refractivity contribution in [3.05, 3.63) is 59.7 Å². The van der Waals surface area contributed by atoms with Crippen molar-refractivity contribution in [3.63, 3.8) is 0 Å². The van der Waals surface area contributed by atoms with E-state index in [4.69, 9.17) is 4.74 Å². The number of benzene rings is 2. The maximum atomic E-state index is 12.3. The van der Waals surface area contributed by atoms with E-state index >= 15 is 0 Å². The van der Waals surface area contributed by atoms with E-state index in [0.717, 1.165) is 10.7 Å².